The number of nitrogens with one attached hydrogen (secondary N) is 1. The predicted octanol–water partition coefficient (Wildman–Crippen LogP) is 5.14. The number of hydrogen-bond acceptors (Lipinski definition) is 5. The molecule has 6 nitrogen and oxygen atoms in total. The summed E-state index contributed by atoms with van der Waals surface area (Å²) >= 11 is 0. The molecule has 1 aromatic carbocycles. The Bertz CT molecular complexity index is 1040. The van der Waals surface area contributed by atoms with Crippen LogP contribution >= 0.6 is 0 Å². The average molecular weight is 414 g/mol. The third kappa shape index (κ3) is 4.29. The smallest absolute Gasteiger partial charge is 0.226 e. The van der Waals surface area contributed by atoms with Crippen LogP contribution in [0.4, 0.5) is 11.5 Å². The van der Waals surface area contributed by atoms with E-state index in [1.807, 2.05) is 53.4 Å². The Kier molecular flexibility index (Phi) is 5.61. The fourth-order valence-corrected chi connectivity index (χ4v) is 4.37. The number of likely N-dealkylation sites (tertiary alicyclic amines) is 1. The van der Waals surface area contributed by atoms with Crippen LogP contribution in [0.2, 0.25) is 0 Å². The number of nitrogens with zero attached hydrogens (tertiary/aromatic N) is 4. The number of anilines is 2. The predicted molar refractivity (Wildman–Crippen MR) is 121 cm³/mol. The van der Waals surface area contributed by atoms with Crippen LogP contribution in [0.15, 0.2) is 60.9 Å². The number of carbonyl (C=O) groups excluding carboxylic acids is 1. The number of amides is 1. The van der Waals surface area contributed by atoms with E-state index in [0.29, 0.717) is 0 Å². The van der Waals surface area contributed by atoms with Gasteiger partial charge >= 0.3 is 0 Å². The minimum absolute atomic E-state index is 0.0695. The summed E-state index contributed by atoms with van der Waals surface area (Å²) < 4.78 is 0. The molecule has 1 N–H and O–H groups in total. The minimum Gasteiger partial charge on any atom is -0.340 e. The number of carbonyl (C=O) groups is 1. The van der Waals surface area contributed by atoms with Gasteiger partial charge in [0.2, 0.25) is 5.91 Å². The van der Waals surface area contributed by atoms with Crippen LogP contribution in [0.1, 0.15) is 50.4 Å². The van der Waals surface area contributed by atoms with Crippen molar-refractivity contribution in [3.63, 3.8) is 0 Å². The molecule has 31 heavy (non-hydrogen) atoms. The fraction of sp³-hybridized carbons (Fsp3) is 0.360. The van der Waals surface area contributed by atoms with Crippen molar-refractivity contribution in [2.75, 3.05) is 11.9 Å². The molecule has 158 valence electrons. The number of aromatic nitrogens is 3. The van der Waals surface area contributed by atoms with Crippen LogP contribution in [0.5, 0.6) is 0 Å². The van der Waals surface area contributed by atoms with E-state index in [0.717, 1.165) is 73.7 Å². The Hall–Kier alpha value is -3.28. The topological polar surface area (TPSA) is 71.0 Å². The van der Waals surface area contributed by atoms with Crippen molar-refractivity contribution in [1.82, 2.24) is 19.9 Å². The van der Waals surface area contributed by atoms with E-state index in [9.17, 15) is 4.79 Å². The van der Waals surface area contributed by atoms with Gasteiger partial charge in [0.1, 0.15) is 5.82 Å². The Morgan fingerprint density at radius 1 is 0.935 bits per heavy atom. The number of rotatable bonds is 5. The van der Waals surface area contributed by atoms with Gasteiger partial charge in [-0.3, -0.25) is 9.78 Å². The quantitative estimate of drug-likeness (QED) is 0.627. The molecule has 0 bridgehead atoms. The summed E-state index contributed by atoms with van der Waals surface area (Å²) in [6.07, 6.45) is 9.78. The Morgan fingerprint density at radius 2 is 1.74 bits per heavy atom. The van der Waals surface area contributed by atoms with Gasteiger partial charge < -0.3 is 10.2 Å². The molecule has 1 atom stereocenters. The van der Waals surface area contributed by atoms with E-state index in [2.05, 4.69) is 10.3 Å². The molecule has 2 aliphatic rings. The summed E-state index contributed by atoms with van der Waals surface area (Å²) in [6.45, 7) is 0.796. The van der Waals surface area contributed by atoms with E-state index in [1.54, 1.807) is 12.4 Å². The van der Waals surface area contributed by atoms with Gasteiger partial charge in [0.25, 0.3) is 0 Å². The standard InChI is InChI=1S/C25H27N5O/c31-25(19-7-6-8-19)30-16-5-4-11-22(30)24-28-21(18-12-14-26-15-13-18)17-23(29-24)27-20-9-2-1-3-10-20/h1-3,9-10,12-15,17,19,22H,4-8,11,16H2,(H,27,28,29). The summed E-state index contributed by atoms with van der Waals surface area (Å²) in [4.78, 5) is 29.1. The molecular weight excluding hydrogens is 386 g/mol. The van der Waals surface area contributed by atoms with E-state index >= 15 is 0 Å². The van der Waals surface area contributed by atoms with Gasteiger partial charge in [0.15, 0.2) is 5.82 Å². The monoisotopic (exact) mass is 413 g/mol. The van der Waals surface area contributed by atoms with Gasteiger partial charge in [-0.15, -0.1) is 0 Å². The summed E-state index contributed by atoms with van der Waals surface area (Å²) in [5.74, 6) is 1.93. The second-order valence-electron chi connectivity index (χ2n) is 8.39. The third-order valence-electron chi connectivity index (χ3n) is 6.30. The highest BCUT2D eigenvalue weighted by Crippen LogP contribution is 2.36. The number of benzene rings is 1. The molecule has 5 rings (SSSR count). The lowest BCUT2D eigenvalue weighted by atomic mass is 9.83. The molecule has 1 aliphatic carbocycles. The van der Waals surface area contributed by atoms with Crippen LogP contribution < -0.4 is 5.32 Å². The van der Waals surface area contributed by atoms with Gasteiger partial charge in [-0.1, -0.05) is 24.6 Å². The maximum absolute atomic E-state index is 13.1. The van der Waals surface area contributed by atoms with Gasteiger partial charge in [0, 0.05) is 42.2 Å². The summed E-state index contributed by atoms with van der Waals surface area (Å²) in [6, 6.07) is 15.8. The fourth-order valence-electron chi connectivity index (χ4n) is 4.37. The van der Waals surface area contributed by atoms with E-state index in [1.165, 1.54) is 0 Å². The van der Waals surface area contributed by atoms with Gasteiger partial charge in [0.05, 0.1) is 11.7 Å². The zero-order valence-corrected chi connectivity index (χ0v) is 17.6. The first-order valence-corrected chi connectivity index (χ1v) is 11.2. The molecule has 0 radical (unpaired) electrons. The summed E-state index contributed by atoms with van der Waals surface area (Å²) in [5, 5.41) is 3.41. The maximum Gasteiger partial charge on any atom is 0.226 e. The zero-order chi connectivity index (χ0) is 21.0. The van der Waals surface area contributed by atoms with Crippen molar-refractivity contribution in [2.45, 2.75) is 44.6 Å². The normalized spacial score (nSPS) is 19.0. The first-order valence-electron chi connectivity index (χ1n) is 11.2. The third-order valence-corrected chi connectivity index (χ3v) is 6.30. The maximum atomic E-state index is 13.1. The van der Waals surface area contributed by atoms with Crippen molar-refractivity contribution in [3.8, 4) is 11.3 Å². The van der Waals surface area contributed by atoms with Crippen LogP contribution in [-0.4, -0.2) is 32.3 Å². The second kappa shape index (κ2) is 8.84. The summed E-state index contributed by atoms with van der Waals surface area (Å²) in [7, 11) is 0. The first kappa shape index (κ1) is 19.7. The molecule has 6 heteroatoms. The molecule has 1 saturated carbocycles. The van der Waals surface area contributed by atoms with Crippen LogP contribution in [0, 0.1) is 5.92 Å². The first-order chi connectivity index (χ1) is 15.3. The van der Waals surface area contributed by atoms with E-state index in [4.69, 9.17) is 9.97 Å². The Balaban J connectivity index is 1.52. The molecule has 1 unspecified atom stereocenters. The van der Waals surface area contributed by atoms with Crippen LogP contribution in [0.25, 0.3) is 11.3 Å². The van der Waals surface area contributed by atoms with Crippen LogP contribution in [0.3, 0.4) is 0 Å². The molecule has 0 spiro atoms. The SMILES string of the molecule is O=C(C1CCC1)N1CCCCC1c1nc(Nc2ccccc2)cc(-c2ccncc2)n1. The molecule has 3 aromatic rings. The van der Waals surface area contributed by atoms with Gasteiger partial charge in [-0.05, 0) is 56.4 Å². The highest BCUT2D eigenvalue weighted by atomic mass is 16.2. The number of hydrogen-bond donors (Lipinski definition) is 1. The summed E-state index contributed by atoms with van der Waals surface area (Å²) in [5.41, 5.74) is 2.80. The molecule has 1 saturated heterocycles. The van der Waals surface area contributed by atoms with Gasteiger partial charge in [-0.2, -0.15) is 0 Å². The van der Waals surface area contributed by atoms with Crippen molar-refractivity contribution >= 4 is 17.4 Å². The molecule has 3 heterocycles. The lowest BCUT2D eigenvalue weighted by molar-refractivity contribution is -0.142. The number of para-hydroxylation sites is 1. The Labute approximate surface area is 182 Å². The van der Waals surface area contributed by atoms with E-state index < -0.39 is 0 Å². The minimum atomic E-state index is -0.0695. The number of piperidine rings is 1. The molecule has 2 fully saturated rings. The van der Waals surface area contributed by atoms with Crippen LogP contribution in [-0.2, 0) is 4.79 Å². The van der Waals surface area contributed by atoms with Crippen molar-refractivity contribution in [2.24, 2.45) is 5.92 Å². The second-order valence-corrected chi connectivity index (χ2v) is 8.39. The lowest BCUT2D eigenvalue weighted by Gasteiger charge is -2.39. The number of pyridine rings is 1. The van der Waals surface area contributed by atoms with Gasteiger partial charge in [-0.25, -0.2) is 9.97 Å². The van der Waals surface area contributed by atoms with Crippen molar-refractivity contribution in [3.05, 3.63) is 66.7 Å². The van der Waals surface area contributed by atoms with Crippen molar-refractivity contribution < 1.29 is 4.79 Å². The Morgan fingerprint density at radius 3 is 2.48 bits per heavy atom. The van der Waals surface area contributed by atoms with Crippen molar-refractivity contribution in [1.29, 1.82) is 0 Å². The zero-order valence-electron chi connectivity index (χ0n) is 17.6. The highest BCUT2D eigenvalue weighted by Gasteiger charge is 2.36. The average Bonchev–Trinajstić information content (AvgIpc) is 2.79. The molecule has 1 amide bonds. The lowest BCUT2D eigenvalue weighted by Crippen LogP contribution is -2.44. The highest BCUT2D eigenvalue weighted by molar-refractivity contribution is 5.80. The van der Waals surface area contributed by atoms with E-state index in [-0.39, 0.29) is 17.9 Å². The molecular formula is C25H27N5O. The molecule has 2 aromatic heterocycles. The molecule has 1 aliphatic heterocycles. The largest absolute Gasteiger partial charge is 0.340 e.